The molecule has 88 valence electrons. The maximum Gasteiger partial charge on any atom is 0.145 e. The average Bonchev–Trinajstić information content (AvgIpc) is 3.09. The first-order chi connectivity index (χ1) is 7.70. The highest BCUT2D eigenvalue weighted by molar-refractivity contribution is 5.48. The summed E-state index contributed by atoms with van der Waals surface area (Å²) < 4.78 is 0. The van der Waals surface area contributed by atoms with Crippen LogP contribution in [0, 0.1) is 5.92 Å². The number of nitrogen functional groups attached to an aromatic ring is 1. The van der Waals surface area contributed by atoms with Gasteiger partial charge < -0.3 is 10.3 Å². The number of hydrogen-bond acceptors (Lipinski definition) is 5. The molecule has 2 rings (SSSR count). The lowest BCUT2D eigenvalue weighted by atomic mass is 10.2. The van der Waals surface area contributed by atoms with E-state index in [0.29, 0.717) is 11.9 Å². The van der Waals surface area contributed by atoms with Crippen molar-refractivity contribution in [1.29, 1.82) is 0 Å². The van der Waals surface area contributed by atoms with Crippen molar-refractivity contribution >= 4 is 11.6 Å². The van der Waals surface area contributed by atoms with Crippen molar-refractivity contribution in [3.05, 3.63) is 12.4 Å². The fourth-order valence-electron chi connectivity index (χ4n) is 1.73. The standard InChI is InChI=1S/C11H19N5/c1-8(2)16(6-9-3-4-9)11-5-10(15-12)13-7-14-11/h5,7-9H,3-4,6,12H2,1-2H3,(H,13,14,15). The van der Waals surface area contributed by atoms with Gasteiger partial charge in [0.1, 0.15) is 18.0 Å². The zero-order valence-corrected chi connectivity index (χ0v) is 9.85. The average molecular weight is 221 g/mol. The molecule has 1 aliphatic carbocycles. The second-order valence-corrected chi connectivity index (χ2v) is 4.60. The Balaban J connectivity index is 2.15. The minimum absolute atomic E-state index is 0.445. The quantitative estimate of drug-likeness (QED) is 0.581. The third kappa shape index (κ3) is 2.61. The van der Waals surface area contributed by atoms with Crippen molar-refractivity contribution in [3.63, 3.8) is 0 Å². The Morgan fingerprint density at radius 1 is 1.50 bits per heavy atom. The Morgan fingerprint density at radius 3 is 2.81 bits per heavy atom. The zero-order chi connectivity index (χ0) is 11.5. The van der Waals surface area contributed by atoms with Crippen LogP contribution in [0.25, 0.3) is 0 Å². The Bertz CT molecular complexity index is 348. The Kier molecular flexibility index (Phi) is 3.24. The number of anilines is 2. The first-order valence-corrected chi connectivity index (χ1v) is 5.76. The number of nitrogens with two attached hydrogens (primary N) is 1. The van der Waals surface area contributed by atoms with Crippen LogP contribution in [-0.2, 0) is 0 Å². The van der Waals surface area contributed by atoms with Gasteiger partial charge in [-0.25, -0.2) is 15.8 Å². The van der Waals surface area contributed by atoms with Gasteiger partial charge in [0.05, 0.1) is 0 Å². The first kappa shape index (κ1) is 11.1. The molecule has 1 saturated carbocycles. The van der Waals surface area contributed by atoms with Crippen LogP contribution in [0.15, 0.2) is 12.4 Å². The number of hydrogen-bond donors (Lipinski definition) is 2. The van der Waals surface area contributed by atoms with E-state index in [9.17, 15) is 0 Å². The smallest absolute Gasteiger partial charge is 0.145 e. The van der Waals surface area contributed by atoms with Crippen molar-refractivity contribution < 1.29 is 0 Å². The van der Waals surface area contributed by atoms with E-state index in [1.54, 1.807) is 6.33 Å². The van der Waals surface area contributed by atoms with Gasteiger partial charge in [0.2, 0.25) is 0 Å². The minimum atomic E-state index is 0.445. The summed E-state index contributed by atoms with van der Waals surface area (Å²) in [5, 5.41) is 0. The molecule has 1 aromatic rings. The van der Waals surface area contributed by atoms with Gasteiger partial charge >= 0.3 is 0 Å². The minimum Gasteiger partial charge on any atom is -0.354 e. The number of nitrogens with zero attached hydrogens (tertiary/aromatic N) is 3. The van der Waals surface area contributed by atoms with Crippen LogP contribution in [-0.4, -0.2) is 22.6 Å². The van der Waals surface area contributed by atoms with E-state index in [0.717, 1.165) is 18.3 Å². The normalized spacial score (nSPS) is 15.2. The van der Waals surface area contributed by atoms with Gasteiger partial charge in [-0.3, -0.25) is 0 Å². The van der Waals surface area contributed by atoms with E-state index in [1.807, 2.05) is 6.07 Å². The molecule has 3 N–H and O–H groups in total. The second kappa shape index (κ2) is 4.65. The molecule has 0 bridgehead atoms. The summed E-state index contributed by atoms with van der Waals surface area (Å²) >= 11 is 0. The summed E-state index contributed by atoms with van der Waals surface area (Å²) in [7, 11) is 0. The fraction of sp³-hybridized carbons (Fsp3) is 0.636. The number of nitrogens with one attached hydrogen (secondary N) is 1. The Morgan fingerprint density at radius 2 is 2.25 bits per heavy atom. The molecule has 0 aliphatic heterocycles. The van der Waals surface area contributed by atoms with E-state index in [4.69, 9.17) is 5.84 Å². The van der Waals surface area contributed by atoms with Crippen LogP contribution < -0.4 is 16.2 Å². The van der Waals surface area contributed by atoms with Crippen molar-refractivity contribution in [3.8, 4) is 0 Å². The van der Waals surface area contributed by atoms with Crippen LogP contribution in [0.5, 0.6) is 0 Å². The summed E-state index contributed by atoms with van der Waals surface area (Å²) in [6.45, 7) is 5.44. The molecular weight excluding hydrogens is 202 g/mol. The molecule has 0 spiro atoms. The van der Waals surface area contributed by atoms with Crippen molar-refractivity contribution in [2.45, 2.75) is 32.7 Å². The SMILES string of the molecule is CC(C)N(CC1CC1)c1cc(NN)ncn1. The van der Waals surface area contributed by atoms with Crippen LogP contribution >= 0.6 is 0 Å². The van der Waals surface area contributed by atoms with Crippen molar-refractivity contribution in [2.24, 2.45) is 11.8 Å². The monoisotopic (exact) mass is 221 g/mol. The highest BCUT2D eigenvalue weighted by atomic mass is 15.3. The van der Waals surface area contributed by atoms with E-state index >= 15 is 0 Å². The molecule has 0 aromatic carbocycles. The molecule has 1 fully saturated rings. The van der Waals surface area contributed by atoms with Gasteiger partial charge in [0.25, 0.3) is 0 Å². The van der Waals surface area contributed by atoms with Gasteiger partial charge in [0, 0.05) is 18.7 Å². The lowest BCUT2D eigenvalue weighted by Crippen LogP contribution is -2.33. The summed E-state index contributed by atoms with van der Waals surface area (Å²) in [4.78, 5) is 10.6. The molecule has 0 amide bonds. The van der Waals surface area contributed by atoms with Crippen LogP contribution in [0.1, 0.15) is 26.7 Å². The van der Waals surface area contributed by atoms with Gasteiger partial charge in [-0.05, 0) is 32.6 Å². The summed E-state index contributed by atoms with van der Waals surface area (Å²) in [6.07, 6.45) is 4.24. The third-order valence-corrected chi connectivity index (χ3v) is 2.87. The number of hydrazine groups is 1. The lowest BCUT2D eigenvalue weighted by molar-refractivity contribution is 0.636. The second-order valence-electron chi connectivity index (χ2n) is 4.60. The largest absolute Gasteiger partial charge is 0.354 e. The molecule has 0 saturated heterocycles. The van der Waals surface area contributed by atoms with Crippen LogP contribution in [0.4, 0.5) is 11.6 Å². The van der Waals surface area contributed by atoms with Gasteiger partial charge in [-0.2, -0.15) is 0 Å². The van der Waals surface area contributed by atoms with E-state index < -0.39 is 0 Å². The van der Waals surface area contributed by atoms with Crippen molar-refractivity contribution in [1.82, 2.24) is 9.97 Å². The van der Waals surface area contributed by atoms with E-state index in [-0.39, 0.29) is 0 Å². The topological polar surface area (TPSA) is 67.1 Å². The summed E-state index contributed by atoms with van der Waals surface area (Å²) in [5.41, 5.74) is 2.55. The molecule has 5 heteroatoms. The van der Waals surface area contributed by atoms with Crippen LogP contribution in [0.3, 0.4) is 0 Å². The zero-order valence-electron chi connectivity index (χ0n) is 9.85. The highest BCUT2D eigenvalue weighted by Crippen LogP contribution is 2.31. The lowest BCUT2D eigenvalue weighted by Gasteiger charge is -2.27. The number of aromatic nitrogens is 2. The fourth-order valence-corrected chi connectivity index (χ4v) is 1.73. The molecule has 1 aliphatic rings. The van der Waals surface area contributed by atoms with Gasteiger partial charge in [0.15, 0.2) is 0 Å². The highest BCUT2D eigenvalue weighted by Gasteiger charge is 2.26. The Labute approximate surface area is 96.0 Å². The summed E-state index contributed by atoms with van der Waals surface area (Å²) in [5.74, 6) is 7.80. The predicted molar refractivity (Wildman–Crippen MR) is 65.0 cm³/mol. The Hall–Kier alpha value is -1.36. The maximum atomic E-state index is 5.35. The molecule has 0 radical (unpaired) electrons. The van der Waals surface area contributed by atoms with Gasteiger partial charge in [-0.15, -0.1) is 0 Å². The molecule has 5 nitrogen and oxygen atoms in total. The van der Waals surface area contributed by atoms with E-state index in [2.05, 4.69) is 34.1 Å². The molecule has 16 heavy (non-hydrogen) atoms. The molecule has 0 atom stereocenters. The third-order valence-electron chi connectivity index (χ3n) is 2.87. The van der Waals surface area contributed by atoms with Crippen molar-refractivity contribution in [2.75, 3.05) is 16.9 Å². The number of rotatable bonds is 5. The maximum absolute atomic E-state index is 5.35. The van der Waals surface area contributed by atoms with E-state index in [1.165, 1.54) is 12.8 Å². The summed E-state index contributed by atoms with van der Waals surface area (Å²) in [6, 6.07) is 2.34. The molecule has 1 aromatic heterocycles. The molecular formula is C11H19N5. The molecule has 0 unspecified atom stereocenters. The molecule has 1 heterocycles. The van der Waals surface area contributed by atoms with Crippen LogP contribution in [0.2, 0.25) is 0 Å². The predicted octanol–water partition coefficient (Wildman–Crippen LogP) is 1.39. The first-order valence-electron chi connectivity index (χ1n) is 5.76. The van der Waals surface area contributed by atoms with Gasteiger partial charge in [-0.1, -0.05) is 0 Å².